The minimum Gasteiger partial charge on any atom is -0.399 e. The van der Waals surface area contributed by atoms with Gasteiger partial charge in [0, 0.05) is 11.3 Å². The summed E-state index contributed by atoms with van der Waals surface area (Å²) in [5.41, 5.74) is 10.3. The first-order valence-corrected chi connectivity index (χ1v) is 6.03. The Labute approximate surface area is 110 Å². The topological polar surface area (TPSA) is 54.7 Å². The summed E-state index contributed by atoms with van der Waals surface area (Å²) < 4.78 is 0. The van der Waals surface area contributed by atoms with Crippen LogP contribution in [0, 0.1) is 6.92 Å². The lowest BCUT2D eigenvalue weighted by Gasteiger charge is -1.96. The van der Waals surface area contributed by atoms with E-state index in [1.807, 2.05) is 43.3 Å². The summed E-state index contributed by atoms with van der Waals surface area (Å²) in [6.45, 7) is 2.01. The number of imidazole rings is 1. The van der Waals surface area contributed by atoms with Gasteiger partial charge in [-0.2, -0.15) is 0 Å². The predicted molar refractivity (Wildman–Crippen MR) is 75.7 cm³/mol. The molecule has 90 valence electrons. The van der Waals surface area contributed by atoms with E-state index in [9.17, 15) is 0 Å². The highest BCUT2D eigenvalue weighted by Gasteiger charge is 2.08. The average Bonchev–Trinajstić information content (AvgIpc) is 2.74. The number of aryl methyl sites for hydroxylation is 1. The van der Waals surface area contributed by atoms with Crippen molar-refractivity contribution in [1.82, 2.24) is 9.97 Å². The molecule has 0 fully saturated rings. The Morgan fingerprint density at radius 2 is 1.89 bits per heavy atom. The first kappa shape index (κ1) is 11.1. The van der Waals surface area contributed by atoms with Crippen LogP contribution in [0.15, 0.2) is 36.4 Å². The van der Waals surface area contributed by atoms with Gasteiger partial charge in [0.2, 0.25) is 0 Å². The summed E-state index contributed by atoms with van der Waals surface area (Å²) in [6, 6.07) is 11.5. The first-order chi connectivity index (χ1) is 8.63. The van der Waals surface area contributed by atoms with Gasteiger partial charge in [0.25, 0.3) is 0 Å². The smallest absolute Gasteiger partial charge is 0.138 e. The summed E-state index contributed by atoms with van der Waals surface area (Å²) in [6.07, 6.45) is 0. The standard InChI is InChI=1S/C14H12ClN3/c1-8-6-11(15)13-12(7-8)17-14(18-13)9-2-4-10(16)5-3-9/h2-7H,16H2,1H3,(H,17,18). The number of halogens is 1. The molecule has 0 saturated carbocycles. The van der Waals surface area contributed by atoms with Gasteiger partial charge >= 0.3 is 0 Å². The Kier molecular flexibility index (Phi) is 2.49. The van der Waals surface area contributed by atoms with Crippen molar-refractivity contribution in [2.75, 3.05) is 5.73 Å². The first-order valence-electron chi connectivity index (χ1n) is 5.65. The lowest BCUT2D eigenvalue weighted by atomic mass is 10.2. The van der Waals surface area contributed by atoms with Crippen LogP contribution in [0.2, 0.25) is 5.02 Å². The molecule has 0 atom stereocenters. The summed E-state index contributed by atoms with van der Waals surface area (Å²) in [4.78, 5) is 7.80. The minimum absolute atomic E-state index is 0.669. The van der Waals surface area contributed by atoms with Gasteiger partial charge in [-0.15, -0.1) is 0 Å². The summed E-state index contributed by atoms with van der Waals surface area (Å²) in [5, 5.41) is 0.669. The molecule has 0 unspecified atom stereocenters. The fraction of sp³-hybridized carbons (Fsp3) is 0.0714. The molecule has 0 bridgehead atoms. The Hall–Kier alpha value is -2.00. The van der Waals surface area contributed by atoms with E-state index in [0.29, 0.717) is 5.02 Å². The number of nitrogen functional groups attached to an aromatic ring is 1. The van der Waals surface area contributed by atoms with Crippen LogP contribution in [0.4, 0.5) is 5.69 Å². The second kappa shape index (κ2) is 4.03. The molecule has 0 aliphatic heterocycles. The van der Waals surface area contributed by atoms with Gasteiger partial charge in [0.05, 0.1) is 10.5 Å². The van der Waals surface area contributed by atoms with Gasteiger partial charge in [-0.05, 0) is 48.9 Å². The largest absolute Gasteiger partial charge is 0.399 e. The lowest BCUT2D eigenvalue weighted by Crippen LogP contribution is -1.84. The van der Waals surface area contributed by atoms with E-state index in [1.54, 1.807) is 0 Å². The molecule has 2 aromatic carbocycles. The van der Waals surface area contributed by atoms with E-state index in [-0.39, 0.29) is 0 Å². The van der Waals surface area contributed by atoms with Gasteiger partial charge in [-0.3, -0.25) is 0 Å². The summed E-state index contributed by atoms with van der Waals surface area (Å²) in [5.74, 6) is 0.803. The van der Waals surface area contributed by atoms with Crippen LogP contribution in [0.5, 0.6) is 0 Å². The quantitative estimate of drug-likeness (QED) is 0.652. The number of aromatic nitrogens is 2. The van der Waals surface area contributed by atoms with E-state index < -0.39 is 0 Å². The maximum absolute atomic E-state index is 6.19. The van der Waals surface area contributed by atoms with E-state index in [4.69, 9.17) is 17.3 Å². The molecule has 1 heterocycles. The molecule has 0 aliphatic rings. The van der Waals surface area contributed by atoms with E-state index >= 15 is 0 Å². The van der Waals surface area contributed by atoms with Crippen molar-refractivity contribution in [2.45, 2.75) is 6.92 Å². The van der Waals surface area contributed by atoms with Crippen molar-refractivity contribution in [3.05, 3.63) is 47.0 Å². The fourth-order valence-electron chi connectivity index (χ4n) is 1.99. The average molecular weight is 258 g/mol. The normalized spacial score (nSPS) is 11.0. The summed E-state index contributed by atoms with van der Waals surface area (Å²) in [7, 11) is 0. The van der Waals surface area contributed by atoms with Crippen molar-refractivity contribution < 1.29 is 0 Å². The molecular formula is C14H12ClN3. The Balaban J connectivity index is 2.19. The number of aromatic amines is 1. The van der Waals surface area contributed by atoms with Gasteiger partial charge in [0.15, 0.2) is 0 Å². The molecule has 0 spiro atoms. The zero-order valence-corrected chi connectivity index (χ0v) is 10.6. The third kappa shape index (κ3) is 1.83. The maximum Gasteiger partial charge on any atom is 0.138 e. The predicted octanol–water partition coefficient (Wildman–Crippen LogP) is 3.77. The van der Waals surface area contributed by atoms with Crippen LogP contribution in [-0.2, 0) is 0 Å². The van der Waals surface area contributed by atoms with E-state index in [1.165, 1.54) is 0 Å². The fourth-order valence-corrected chi connectivity index (χ4v) is 2.30. The third-order valence-corrected chi connectivity index (χ3v) is 3.16. The highest BCUT2D eigenvalue weighted by Crippen LogP contribution is 2.27. The number of anilines is 1. The highest BCUT2D eigenvalue weighted by molar-refractivity contribution is 6.35. The molecule has 0 saturated heterocycles. The van der Waals surface area contributed by atoms with Gasteiger partial charge in [-0.25, -0.2) is 4.98 Å². The molecule has 0 amide bonds. The minimum atomic E-state index is 0.669. The second-order valence-electron chi connectivity index (χ2n) is 4.35. The Morgan fingerprint density at radius 3 is 2.61 bits per heavy atom. The van der Waals surface area contributed by atoms with E-state index in [0.717, 1.165) is 33.7 Å². The van der Waals surface area contributed by atoms with Crippen LogP contribution in [0.25, 0.3) is 22.4 Å². The molecule has 0 radical (unpaired) electrons. The highest BCUT2D eigenvalue weighted by atomic mass is 35.5. The molecule has 4 heteroatoms. The van der Waals surface area contributed by atoms with Crippen molar-refractivity contribution in [3.8, 4) is 11.4 Å². The second-order valence-corrected chi connectivity index (χ2v) is 4.76. The monoisotopic (exact) mass is 257 g/mol. The summed E-state index contributed by atoms with van der Waals surface area (Å²) >= 11 is 6.19. The van der Waals surface area contributed by atoms with Crippen LogP contribution in [-0.4, -0.2) is 9.97 Å². The molecule has 3 rings (SSSR count). The maximum atomic E-state index is 6.19. The van der Waals surface area contributed by atoms with Crippen molar-refractivity contribution in [2.24, 2.45) is 0 Å². The molecule has 1 aromatic heterocycles. The van der Waals surface area contributed by atoms with Gasteiger partial charge < -0.3 is 10.7 Å². The SMILES string of the molecule is Cc1cc(Cl)c2nc(-c3ccc(N)cc3)[nH]c2c1. The van der Waals surface area contributed by atoms with Crippen molar-refractivity contribution in [1.29, 1.82) is 0 Å². The number of nitrogens with one attached hydrogen (secondary N) is 1. The number of H-pyrrole nitrogens is 1. The Bertz CT molecular complexity index is 714. The number of nitrogens with zero attached hydrogens (tertiary/aromatic N) is 1. The van der Waals surface area contributed by atoms with Crippen LogP contribution in [0.3, 0.4) is 0 Å². The lowest BCUT2D eigenvalue weighted by molar-refractivity contribution is 1.34. The van der Waals surface area contributed by atoms with Crippen LogP contribution in [0.1, 0.15) is 5.56 Å². The Morgan fingerprint density at radius 1 is 1.17 bits per heavy atom. The number of rotatable bonds is 1. The van der Waals surface area contributed by atoms with Crippen molar-refractivity contribution >= 4 is 28.3 Å². The van der Waals surface area contributed by atoms with Crippen molar-refractivity contribution in [3.63, 3.8) is 0 Å². The van der Waals surface area contributed by atoms with Crippen LogP contribution >= 0.6 is 11.6 Å². The molecule has 18 heavy (non-hydrogen) atoms. The van der Waals surface area contributed by atoms with Gasteiger partial charge in [0.1, 0.15) is 11.3 Å². The number of nitrogens with two attached hydrogens (primary N) is 1. The molecular weight excluding hydrogens is 246 g/mol. The molecule has 3 aromatic rings. The number of benzene rings is 2. The number of hydrogen-bond donors (Lipinski definition) is 2. The van der Waals surface area contributed by atoms with Gasteiger partial charge in [-0.1, -0.05) is 11.6 Å². The third-order valence-electron chi connectivity index (χ3n) is 2.87. The zero-order chi connectivity index (χ0) is 12.7. The van der Waals surface area contributed by atoms with Crippen LogP contribution < -0.4 is 5.73 Å². The zero-order valence-electron chi connectivity index (χ0n) is 9.87. The van der Waals surface area contributed by atoms with E-state index in [2.05, 4.69) is 9.97 Å². The molecule has 0 aliphatic carbocycles. The number of hydrogen-bond acceptors (Lipinski definition) is 2. The number of fused-ring (bicyclic) bond motifs is 1. The molecule has 3 N–H and O–H groups in total. The molecule has 3 nitrogen and oxygen atoms in total.